The molecular weight excluding hydrogens is 583 g/mol. The molecule has 0 spiro atoms. The molecule has 1 saturated heterocycles. The summed E-state index contributed by atoms with van der Waals surface area (Å²) >= 11 is 10.3. The molecule has 190 valence electrons. The molecule has 10 heteroatoms. The minimum atomic E-state index is -0.582. The van der Waals surface area contributed by atoms with Crippen molar-refractivity contribution in [3.05, 3.63) is 97.1 Å². The zero-order valence-corrected chi connectivity index (χ0v) is 23.0. The van der Waals surface area contributed by atoms with Crippen LogP contribution in [0.5, 0.6) is 5.75 Å². The van der Waals surface area contributed by atoms with Crippen molar-refractivity contribution in [1.82, 2.24) is 4.90 Å². The Hall–Kier alpha value is -3.14. The van der Waals surface area contributed by atoms with Crippen LogP contribution >= 0.6 is 39.3 Å². The maximum atomic E-state index is 14.1. The number of carbonyl (C=O) groups excluding carboxylic acids is 3. The average Bonchev–Trinajstić information content (AvgIpc) is 3.11. The van der Waals surface area contributed by atoms with Crippen molar-refractivity contribution in [2.24, 2.45) is 0 Å². The van der Waals surface area contributed by atoms with Crippen molar-refractivity contribution >= 4 is 68.1 Å². The summed E-state index contributed by atoms with van der Waals surface area (Å²) in [6.07, 6.45) is 1.57. The lowest BCUT2D eigenvalue weighted by Gasteiger charge is -2.14. The fraction of sp³-hybridized carbons (Fsp3) is 0.148. The van der Waals surface area contributed by atoms with Gasteiger partial charge < -0.3 is 10.1 Å². The van der Waals surface area contributed by atoms with E-state index in [2.05, 4.69) is 21.2 Å². The normalized spacial score (nSPS) is 14.4. The number of halogens is 3. The Bertz CT molecular complexity index is 1410. The number of thioether (sulfide) groups is 1. The molecule has 1 heterocycles. The first-order chi connectivity index (χ1) is 17.6. The van der Waals surface area contributed by atoms with Gasteiger partial charge in [0.15, 0.2) is 6.61 Å². The fourth-order valence-electron chi connectivity index (χ4n) is 3.50. The van der Waals surface area contributed by atoms with Crippen LogP contribution in [0.15, 0.2) is 64.0 Å². The first kappa shape index (κ1) is 26.9. The maximum Gasteiger partial charge on any atom is 0.293 e. The van der Waals surface area contributed by atoms with Crippen LogP contribution in [-0.4, -0.2) is 28.6 Å². The van der Waals surface area contributed by atoms with Crippen LogP contribution in [0.2, 0.25) is 5.02 Å². The first-order valence-corrected chi connectivity index (χ1v) is 13.1. The molecule has 3 amide bonds. The van der Waals surface area contributed by atoms with Crippen molar-refractivity contribution in [1.29, 1.82) is 0 Å². The number of hydrogen-bond donors (Lipinski definition) is 1. The van der Waals surface area contributed by atoms with Gasteiger partial charge in [-0.2, -0.15) is 0 Å². The minimum Gasteiger partial charge on any atom is -0.484 e. The molecule has 1 aliphatic heterocycles. The van der Waals surface area contributed by atoms with E-state index in [1.807, 2.05) is 26.0 Å². The van der Waals surface area contributed by atoms with Crippen LogP contribution in [0.3, 0.4) is 0 Å². The zero-order valence-electron chi connectivity index (χ0n) is 19.8. The van der Waals surface area contributed by atoms with E-state index in [4.69, 9.17) is 16.3 Å². The fourth-order valence-corrected chi connectivity index (χ4v) is 5.12. The number of hydrogen-bond acceptors (Lipinski definition) is 5. The maximum absolute atomic E-state index is 14.1. The van der Waals surface area contributed by atoms with E-state index in [9.17, 15) is 18.8 Å². The topological polar surface area (TPSA) is 75.7 Å². The largest absolute Gasteiger partial charge is 0.484 e. The Morgan fingerprint density at radius 2 is 1.84 bits per heavy atom. The minimum absolute atomic E-state index is 0.0862. The van der Waals surface area contributed by atoms with E-state index in [-0.39, 0.29) is 34.6 Å². The molecule has 37 heavy (non-hydrogen) atoms. The molecule has 0 aliphatic carbocycles. The molecule has 6 nitrogen and oxygen atoms in total. The zero-order chi connectivity index (χ0) is 26.7. The second-order valence-electron chi connectivity index (χ2n) is 8.29. The standard InChI is InChI=1S/C27H21BrClFN2O4S/c1-15-10-20(28)23(11-16(15)2)31-25(33)14-36-18-8-6-17(7-9-18)12-24-26(34)32(27(35)37-24)13-19-21(29)4-3-5-22(19)30/h3-12H,13-14H2,1-2H3,(H,31,33)/b24-12+. The van der Waals surface area contributed by atoms with Gasteiger partial charge in [-0.3, -0.25) is 19.3 Å². The van der Waals surface area contributed by atoms with Crippen molar-refractivity contribution in [2.75, 3.05) is 11.9 Å². The van der Waals surface area contributed by atoms with Crippen LogP contribution in [0, 0.1) is 19.7 Å². The summed E-state index contributed by atoms with van der Waals surface area (Å²) in [5.74, 6) is -0.948. The van der Waals surface area contributed by atoms with Gasteiger partial charge in [-0.1, -0.05) is 29.8 Å². The van der Waals surface area contributed by atoms with Gasteiger partial charge in [0.2, 0.25) is 0 Å². The average molecular weight is 604 g/mol. The second-order valence-corrected chi connectivity index (χ2v) is 10.5. The summed E-state index contributed by atoms with van der Waals surface area (Å²) in [5.41, 5.74) is 3.58. The van der Waals surface area contributed by atoms with Gasteiger partial charge in [0, 0.05) is 15.1 Å². The summed E-state index contributed by atoms with van der Waals surface area (Å²) in [6, 6.07) is 14.7. The molecule has 0 aromatic heterocycles. The highest BCUT2D eigenvalue weighted by Gasteiger charge is 2.35. The Kier molecular flexibility index (Phi) is 8.36. The number of rotatable bonds is 7. The summed E-state index contributed by atoms with van der Waals surface area (Å²) in [4.78, 5) is 38.7. The number of benzene rings is 3. The van der Waals surface area contributed by atoms with Gasteiger partial charge in [0.1, 0.15) is 11.6 Å². The van der Waals surface area contributed by atoms with Gasteiger partial charge >= 0.3 is 0 Å². The van der Waals surface area contributed by atoms with E-state index >= 15 is 0 Å². The van der Waals surface area contributed by atoms with Gasteiger partial charge in [0.05, 0.1) is 17.1 Å². The third-order valence-electron chi connectivity index (χ3n) is 5.66. The molecule has 4 rings (SSSR count). The lowest BCUT2D eigenvalue weighted by atomic mass is 10.1. The van der Waals surface area contributed by atoms with Crippen LogP contribution < -0.4 is 10.1 Å². The Morgan fingerprint density at radius 1 is 1.14 bits per heavy atom. The Morgan fingerprint density at radius 3 is 2.54 bits per heavy atom. The van der Waals surface area contributed by atoms with E-state index in [0.29, 0.717) is 17.0 Å². The highest BCUT2D eigenvalue weighted by Crippen LogP contribution is 2.35. The lowest BCUT2D eigenvalue weighted by molar-refractivity contribution is -0.123. The number of amides is 3. The SMILES string of the molecule is Cc1cc(Br)c(NC(=O)COc2ccc(/C=C3/SC(=O)N(Cc4c(F)cccc4Cl)C3=O)cc2)cc1C. The molecule has 3 aromatic rings. The first-order valence-electron chi connectivity index (χ1n) is 11.1. The molecule has 0 saturated carbocycles. The molecule has 1 N–H and O–H groups in total. The predicted molar refractivity (Wildman–Crippen MR) is 147 cm³/mol. The number of nitrogens with zero attached hydrogens (tertiary/aromatic N) is 1. The van der Waals surface area contributed by atoms with E-state index in [1.165, 1.54) is 18.2 Å². The van der Waals surface area contributed by atoms with E-state index < -0.39 is 17.0 Å². The monoisotopic (exact) mass is 602 g/mol. The van der Waals surface area contributed by atoms with Gasteiger partial charge in [-0.25, -0.2) is 4.39 Å². The molecule has 1 fully saturated rings. The molecule has 1 aliphatic rings. The molecule has 0 radical (unpaired) electrons. The van der Waals surface area contributed by atoms with Crippen molar-refractivity contribution in [2.45, 2.75) is 20.4 Å². The molecule has 0 unspecified atom stereocenters. The number of nitrogens with one attached hydrogen (secondary N) is 1. The molecular formula is C27H21BrClFN2O4S. The molecule has 0 atom stereocenters. The Labute approximate surface area is 231 Å². The third-order valence-corrected chi connectivity index (χ3v) is 7.57. The van der Waals surface area contributed by atoms with Crippen molar-refractivity contribution < 1.29 is 23.5 Å². The number of carbonyl (C=O) groups is 3. The van der Waals surface area contributed by atoms with Crippen LogP contribution in [0.1, 0.15) is 22.3 Å². The summed E-state index contributed by atoms with van der Waals surface area (Å²) in [7, 11) is 0. The number of anilines is 1. The lowest BCUT2D eigenvalue weighted by Crippen LogP contribution is -2.28. The number of imide groups is 1. The quantitative estimate of drug-likeness (QED) is 0.291. The third kappa shape index (κ3) is 6.41. The van der Waals surface area contributed by atoms with Crippen LogP contribution in [0.4, 0.5) is 14.9 Å². The van der Waals surface area contributed by atoms with Gasteiger partial charge in [-0.15, -0.1) is 0 Å². The highest BCUT2D eigenvalue weighted by molar-refractivity contribution is 9.10. The van der Waals surface area contributed by atoms with Crippen molar-refractivity contribution in [3.63, 3.8) is 0 Å². The second kappa shape index (κ2) is 11.5. The van der Waals surface area contributed by atoms with Crippen LogP contribution in [-0.2, 0) is 16.1 Å². The van der Waals surface area contributed by atoms with E-state index in [1.54, 1.807) is 30.3 Å². The molecule has 3 aromatic carbocycles. The summed E-state index contributed by atoms with van der Waals surface area (Å²) < 4.78 is 20.5. The highest BCUT2D eigenvalue weighted by atomic mass is 79.9. The summed E-state index contributed by atoms with van der Waals surface area (Å²) in [6.45, 7) is 3.53. The molecule has 0 bridgehead atoms. The predicted octanol–water partition coefficient (Wildman–Crippen LogP) is 7.11. The number of ether oxygens (including phenoxy) is 1. The van der Waals surface area contributed by atoms with Gasteiger partial charge in [-0.05, 0) is 101 Å². The number of aryl methyl sites for hydroxylation is 2. The smallest absolute Gasteiger partial charge is 0.293 e. The Balaban J connectivity index is 1.36. The van der Waals surface area contributed by atoms with Gasteiger partial charge in [0.25, 0.3) is 17.1 Å². The van der Waals surface area contributed by atoms with Crippen LogP contribution in [0.25, 0.3) is 6.08 Å². The summed E-state index contributed by atoms with van der Waals surface area (Å²) in [5, 5.41) is 2.46. The van der Waals surface area contributed by atoms with E-state index in [0.717, 1.165) is 32.3 Å². The van der Waals surface area contributed by atoms with Crippen molar-refractivity contribution in [3.8, 4) is 5.75 Å².